The van der Waals surface area contributed by atoms with E-state index in [0.717, 1.165) is 25.7 Å². The quantitative estimate of drug-likeness (QED) is 0.856. The summed E-state index contributed by atoms with van der Waals surface area (Å²) >= 11 is 0. The van der Waals surface area contributed by atoms with E-state index in [2.05, 4.69) is 9.97 Å². The molecule has 0 unspecified atom stereocenters. The van der Waals surface area contributed by atoms with Crippen LogP contribution in [0, 0.1) is 0 Å². The number of rotatable bonds is 5. The normalized spacial score (nSPS) is 18.1. The standard InChI is InChI=1S/C13H15N3O3/c17-11(18)7-16(9-3-4-9)13(19)10-5-6-14-12(15-10)8-1-2-8/h5-6,8-9H,1-4,7H2,(H,17,18). The lowest BCUT2D eigenvalue weighted by Gasteiger charge is -2.19. The van der Waals surface area contributed by atoms with Gasteiger partial charge in [-0.15, -0.1) is 0 Å². The predicted octanol–water partition coefficient (Wildman–Crippen LogP) is 1.04. The Kier molecular flexibility index (Phi) is 2.93. The van der Waals surface area contributed by atoms with Crippen molar-refractivity contribution in [3.63, 3.8) is 0 Å². The van der Waals surface area contributed by atoms with E-state index >= 15 is 0 Å². The number of nitrogens with zero attached hydrogens (tertiary/aromatic N) is 3. The molecule has 1 N–H and O–H groups in total. The van der Waals surface area contributed by atoms with E-state index in [1.807, 2.05) is 0 Å². The lowest BCUT2D eigenvalue weighted by atomic mass is 10.3. The van der Waals surface area contributed by atoms with Gasteiger partial charge in [0.05, 0.1) is 0 Å². The van der Waals surface area contributed by atoms with Gasteiger partial charge in [-0.1, -0.05) is 0 Å². The fraction of sp³-hybridized carbons (Fsp3) is 0.538. The summed E-state index contributed by atoms with van der Waals surface area (Å²) in [6.07, 6.45) is 5.47. The summed E-state index contributed by atoms with van der Waals surface area (Å²) in [5.41, 5.74) is 0.310. The van der Waals surface area contributed by atoms with Gasteiger partial charge in [-0.2, -0.15) is 0 Å². The average Bonchev–Trinajstić information content (AvgIpc) is 3.28. The highest BCUT2D eigenvalue weighted by Crippen LogP contribution is 2.37. The number of carbonyl (C=O) groups is 2. The molecule has 6 nitrogen and oxygen atoms in total. The van der Waals surface area contributed by atoms with E-state index < -0.39 is 5.97 Å². The van der Waals surface area contributed by atoms with Crippen molar-refractivity contribution in [1.82, 2.24) is 14.9 Å². The fourth-order valence-corrected chi connectivity index (χ4v) is 2.08. The maximum Gasteiger partial charge on any atom is 0.323 e. The Morgan fingerprint density at radius 3 is 2.63 bits per heavy atom. The lowest BCUT2D eigenvalue weighted by molar-refractivity contribution is -0.137. The molecule has 1 aromatic rings. The number of hydrogen-bond acceptors (Lipinski definition) is 4. The average molecular weight is 261 g/mol. The number of aliphatic carboxylic acids is 1. The number of aromatic nitrogens is 2. The van der Waals surface area contributed by atoms with Crippen molar-refractivity contribution in [1.29, 1.82) is 0 Å². The highest BCUT2D eigenvalue weighted by molar-refractivity contribution is 5.94. The lowest BCUT2D eigenvalue weighted by Crippen LogP contribution is -2.38. The highest BCUT2D eigenvalue weighted by Gasteiger charge is 2.35. The summed E-state index contributed by atoms with van der Waals surface area (Å²) in [5.74, 6) is -0.204. The Balaban J connectivity index is 1.80. The number of amides is 1. The molecule has 0 bridgehead atoms. The number of carbonyl (C=O) groups excluding carboxylic acids is 1. The Morgan fingerprint density at radius 2 is 2.05 bits per heavy atom. The van der Waals surface area contributed by atoms with Gasteiger partial charge in [-0.3, -0.25) is 9.59 Å². The molecule has 0 atom stereocenters. The van der Waals surface area contributed by atoms with Crippen molar-refractivity contribution >= 4 is 11.9 Å². The minimum atomic E-state index is -0.989. The van der Waals surface area contributed by atoms with E-state index in [-0.39, 0.29) is 18.5 Å². The number of hydrogen-bond donors (Lipinski definition) is 1. The maximum absolute atomic E-state index is 12.3. The van der Waals surface area contributed by atoms with Crippen LogP contribution in [0.4, 0.5) is 0 Å². The van der Waals surface area contributed by atoms with Crippen molar-refractivity contribution < 1.29 is 14.7 Å². The van der Waals surface area contributed by atoms with Gasteiger partial charge in [-0.05, 0) is 31.7 Å². The number of carboxylic acid groups (broad SMARTS) is 1. The van der Waals surface area contributed by atoms with E-state index in [1.54, 1.807) is 12.3 Å². The molecule has 0 aromatic carbocycles. The molecule has 0 aliphatic heterocycles. The van der Waals surface area contributed by atoms with Crippen molar-refractivity contribution in [2.75, 3.05) is 6.54 Å². The van der Waals surface area contributed by atoms with Gasteiger partial charge in [-0.25, -0.2) is 9.97 Å². The second-order valence-corrected chi connectivity index (χ2v) is 5.13. The smallest absolute Gasteiger partial charge is 0.323 e. The number of carboxylic acids is 1. The minimum Gasteiger partial charge on any atom is -0.480 e. The van der Waals surface area contributed by atoms with E-state index in [0.29, 0.717) is 17.4 Å². The first kappa shape index (κ1) is 12.1. The summed E-state index contributed by atoms with van der Waals surface area (Å²) in [7, 11) is 0. The molecule has 1 heterocycles. The molecule has 6 heteroatoms. The molecule has 1 aromatic heterocycles. The van der Waals surface area contributed by atoms with Gasteiger partial charge in [0.1, 0.15) is 18.1 Å². The van der Waals surface area contributed by atoms with Gasteiger partial charge < -0.3 is 10.0 Å². The first-order valence-corrected chi connectivity index (χ1v) is 6.51. The first-order chi connectivity index (χ1) is 9.15. The van der Waals surface area contributed by atoms with E-state index in [4.69, 9.17) is 5.11 Å². The third-order valence-corrected chi connectivity index (χ3v) is 3.39. The summed E-state index contributed by atoms with van der Waals surface area (Å²) in [5, 5.41) is 8.88. The molecule has 0 spiro atoms. The summed E-state index contributed by atoms with van der Waals surface area (Å²) < 4.78 is 0. The molecule has 2 saturated carbocycles. The largest absolute Gasteiger partial charge is 0.480 e. The van der Waals surface area contributed by atoms with Crippen LogP contribution in [0.15, 0.2) is 12.3 Å². The van der Waals surface area contributed by atoms with Crippen LogP contribution in [0.5, 0.6) is 0 Å². The van der Waals surface area contributed by atoms with Gasteiger partial charge in [0.2, 0.25) is 0 Å². The van der Waals surface area contributed by atoms with Crippen LogP contribution in [-0.4, -0.2) is 44.4 Å². The molecule has 100 valence electrons. The third-order valence-electron chi connectivity index (χ3n) is 3.39. The predicted molar refractivity (Wildman–Crippen MR) is 65.7 cm³/mol. The molecule has 2 aliphatic carbocycles. The molecule has 0 radical (unpaired) electrons. The zero-order chi connectivity index (χ0) is 13.4. The molecule has 3 rings (SSSR count). The van der Waals surface area contributed by atoms with Crippen LogP contribution in [0.1, 0.15) is 47.9 Å². The van der Waals surface area contributed by atoms with Crippen LogP contribution >= 0.6 is 0 Å². The zero-order valence-electron chi connectivity index (χ0n) is 10.5. The van der Waals surface area contributed by atoms with Gasteiger partial charge in [0.25, 0.3) is 5.91 Å². The van der Waals surface area contributed by atoms with Crippen LogP contribution in [0.2, 0.25) is 0 Å². The Hall–Kier alpha value is -1.98. The highest BCUT2D eigenvalue weighted by atomic mass is 16.4. The maximum atomic E-state index is 12.3. The van der Waals surface area contributed by atoms with E-state index in [1.165, 1.54) is 4.90 Å². The van der Waals surface area contributed by atoms with Crippen LogP contribution in [0.25, 0.3) is 0 Å². The molecule has 2 aliphatic rings. The Bertz CT molecular complexity index is 524. The molecule has 19 heavy (non-hydrogen) atoms. The van der Waals surface area contributed by atoms with Crippen LogP contribution in [0.3, 0.4) is 0 Å². The Labute approximate surface area is 110 Å². The topological polar surface area (TPSA) is 83.4 Å². The van der Waals surface area contributed by atoms with Crippen LogP contribution < -0.4 is 0 Å². The van der Waals surface area contributed by atoms with Gasteiger partial charge in [0.15, 0.2) is 0 Å². The minimum absolute atomic E-state index is 0.0583. The molecule has 0 saturated heterocycles. The summed E-state index contributed by atoms with van der Waals surface area (Å²) in [6, 6.07) is 1.62. The zero-order valence-corrected chi connectivity index (χ0v) is 10.5. The molecule has 2 fully saturated rings. The van der Waals surface area contributed by atoms with E-state index in [9.17, 15) is 9.59 Å². The summed E-state index contributed by atoms with van der Waals surface area (Å²) in [6.45, 7) is -0.258. The first-order valence-electron chi connectivity index (χ1n) is 6.51. The van der Waals surface area contributed by atoms with Crippen molar-refractivity contribution in [2.24, 2.45) is 0 Å². The monoisotopic (exact) mass is 261 g/mol. The van der Waals surface area contributed by atoms with Crippen molar-refractivity contribution in [2.45, 2.75) is 37.6 Å². The van der Waals surface area contributed by atoms with Gasteiger partial charge >= 0.3 is 5.97 Å². The third kappa shape index (κ3) is 2.72. The van der Waals surface area contributed by atoms with Crippen molar-refractivity contribution in [3.05, 3.63) is 23.8 Å². The summed E-state index contributed by atoms with van der Waals surface area (Å²) in [4.78, 5) is 33.0. The van der Waals surface area contributed by atoms with Crippen molar-refractivity contribution in [3.8, 4) is 0 Å². The fourth-order valence-electron chi connectivity index (χ4n) is 2.08. The van der Waals surface area contributed by atoms with Crippen LogP contribution in [-0.2, 0) is 4.79 Å². The Morgan fingerprint density at radius 1 is 1.32 bits per heavy atom. The molecule has 1 amide bonds. The molecular formula is C13H15N3O3. The van der Waals surface area contributed by atoms with Gasteiger partial charge in [0, 0.05) is 18.2 Å². The SMILES string of the molecule is O=C(O)CN(C(=O)c1ccnc(C2CC2)n1)C1CC1. The second kappa shape index (κ2) is 4.60. The molecular weight excluding hydrogens is 246 g/mol. The second-order valence-electron chi connectivity index (χ2n) is 5.13.